The van der Waals surface area contributed by atoms with Gasteiger partial charge >= 0.3 is 0 Å². The molecule has 1 heterocycles. The van der Waals surface area contributed by atoms with E-state index in [-0.39, 0.29) is 30.7 Å². The normalized spacial score (nSPS) is 12.7. The molecule has 0 unspecified atom stereocenters. The Kier molecular flexibility index (Phi) is 6.22. The Morgan fingerprint density at radius 3 is 2.68 bits per heavy atom. The van der Waals surface area contributed by atoms with Crippen LogP contribution in [0.25, 0.3) is 0 Å². The van der Waals surface area contributed by atoms with Gasteiger partial charge in [-0.15, -0.1) is 0 Å². The summed E-state index contributed by atoms with van der Waals surface area (Å²) < 4.78 is 36.2. The Hall–Kier alpha value is -2.16. The maximum Gasteiger partial charge on any atom is 0.232 e. The number of nitrogens with one attached hydrogen (secondary N) is 1. The van der Waals surface area contributed by atoms with Crippen molar-refractivity contribution in [3.8, 4) is 11.5 Å². The predicted octanol–water partition coefficient (Wildman–Crippen LogP) is 3.91. The third-order valence-electron chi connectivity index (χ3n) is 4.04. The smallest absolute Gasteiger partial charge is 0.232 e. The SMILES string of the molecule is CS(=O)(=O)N(CCCC(=O)Nc1cccc(Cl)c1Cl)c1ccc2c(c1)OCO2. The topological polar surface area (TPSA) is 84.9 Å². The number of sulfonamides is 1. The number of halogens is 2. The molecular formula is C18H18Cl2N2O5S. The minimum Gasteiger partial charge on any atom is -0.454 e. The number of nitrogens with zero attached hydrogens (tertiary/aromatic N) is 1. The molecule has 2 aromatic rings. The van der Waals surface area contributed by atoms with E-state index in [1.54, 1.807) is 36.4 Å². The third kappa shape index (κ3) is 4.81. The molecule has 1 aliphatic rings. The average molecular weight is 445 g/mol. The highest BCUT2D eigenvalue weighted by Crippen LogP contribution is 2.36. The number of amides is 1. The van der Waals surface area contributed by atoms with E-state index in [1.807, 2.05) is 0 Å². The fourth-order valence-electron chi connectivity index (χ4n) is 2.72. The zero-order valence-electron chi connectivity index (χ0n) is 14.9. The summed E-state index contributed by atoms with van der Waals surface area (Å²) in [5.74, 6) is 0.762. The van der Waals surface area contributed by atoms with E-state index >= 15 is 0 Å². The van der Waals surface area contributed by atoms with Crippen LogP contribution in [0.4, 0.5) is 11.4 Å². The molecule has 7 nitrogen and oxygen atoms in total. The van der Waals surface area contributed by atoms with Gasteiger partial charge in [0.15, 0.2) is 11.5 Å². The number of hydrogen-bond donors (Lipinski definition) is 1. The Morgan fingerprint density at radius 1 is 1.18 bits per heavy atom. The van der Waals surface area contributed by atoms with Crippen molar-refractivity contribution >= 4 is 50.5 Å². The Bertz CT molecular complexity index is 997. The van der Waals surface area contributed by atoms with Crippen LogP contribution in [0.2, 0.25) is 10.0 Å². The molecule has 0 saturated heterocycles. The van der Waals surface area contributed by atoms with Crippen molar-refractivity contribution in [3.63, 3.8) is 0 Å². The van der Waals surface area contributed by atoms with Crippen molar-refractivity contribution in [1.82, 2.24) is 0 Å². The van der Waals surface area contributed by atoms with Crippen LogP contribution in [-0.4, -0.2) is 33.9 Å². The number of anilines is 2. The zero-order chi connectivity index (χ0) is 20.3. The summed E-state index contributed by atoms with van der Waals surface area (Å²) in [7, 11) is -3.54. The van der Waals surface area contributed by atoms with E-state index in [0.717, 1.165) is 6.26 Å². The molecule has 10 heteroatoms. The molecule has 0 aliphatic carbocycles. The number of hydrogen-bond acceptors (Lipinski definition) is 5. The summed E-state index contributed by atoms with van der Waals surface area (Å²) in [4.78, 5) is 12.2. The lowest BCUT2D eigenvalue weighted by Gasteiger charge is -2.22. The van der Waals surface area contributed by atoms with Gasteiger partial charge in [-0.1, -0.05) is 29.3 Å². The molecule has 150 valence electrons. The minimum absolute atomic E-state index is 0.101. The van der Waals surface area contributed by atoms with Gasteiger partial charge in [0.05, 0.1) is 27.7 Å². The average Bonchev–Trinajstić information content (AvgIpc) is 3.09. The predicted molar refractivity (Wildman–Crippen MR) is 109 cm³/mol. The molecule has 0 fully saturated rings. The number of carbonyl (C=O) groups excluding carboxylic acids is 1. The van der Waals surface area contributed by atoms with E-state index in [2.05, 4.69) is 5.32 Å². The molecule has 1 amide bonds. The summed E-state index contributed by atoms with van der Waals surface area (Å²) >= 11 is 12.0. The van der Waals surface area contributed by atoms with Crippen LogP contribution in [0, 0.1) is 0 Å². The van der Waals surface area contributed by atoms with Crippen LogP contribution >= 0.6 is 23.2 Å². The molecule has 1 N–H and O–H groups in total. The van der Waals surface area contributed by atoms with Crippen LogP contribution in [0.3, 0.4) is 0 Å². The van der Waals surface area contributed by atoms with Crippen LogP contribution in [0.1, 0.15) is 12.8 Å². The highest BCUT2D eigenvalue weighted by molar-refractivity contribution is 7.92. The van der Waals surface area contributed by atoms with E-state index in [9.17, 15) is 13.2 Å². The van der Waals surface area contributed by atoms with Crippen molar-refractivity contribution in [2.24, 2.45) is 0 Å². The van der Waals surface area contributed by atoms with E-state index in [1.165, 1.54) is 4.31 Å². The number of fused-ring (bicyclic) bond motifs is 1. The summed E-state index contributed by atoms with van der Waals surface area (Å²) in [5.41, 5.74) is 0.861. The molecule has 0 radical (unpaired) electrons. The van der Waals surface area contributed by atoms with Crippen LogP contribution in [0.5, 0.6) is 11.5 Å². The lowest BCUT2D eigenvalue weighted by Crippen LogP contribution is -2.31. The van der Waals surface area contributed by atoms with Crippen molar-refractivity contribution in [2.75, 3.05) is 29.2 Å². The largest absolute Gasteiger partial charge is 0.454 e. The fourth-order valence-corrected chi connectivity index (χ4v) is 4.03. The molecule has 0 spiro atoms. The second kappa shape index (κ2) is 8.46. The number of carbonyl (C=O) groups is 1. The standard InChI is InChI=1S/C18H18Cl2N2O5S/c1-28(24,25)22(12-7-8-15-16(10-12)27-11-26-15)9-3-6-17(23)21-14-5-2-4-13(19)18(14)20/h2,4-5,7-8,10H,3,6,9,11H2,1H3,(H,21,23). The van der Waals surface area contributed by atoms with Gasteiger partial charge in [-0.25, -0.2) is 8.42 Å². The van der Waals surface area contributed by atoms with Crippen molar-refractivity contribution < 1.29 is 22.7 Å². The van der Waals surface area contributed by atoms with E-state index in [0.29, 0.717) is 34.3 Å². The van der Waals surface area contributed by atoms with Gasteiger partial charge < -0.3 is 14.8 Å². The lowest BCUT2D eigenvalue weighted by atomic mass is 10.2. The monoisotopic (exact) mass is 444 g/mol. The number of ether oxygens (including phenoxy) is 2. The van der Waals surface area contributed by atoms with E-state index < -0.39 is 10.0 Å². The number of benzene rings is 2. The molecule has 28 heavy (non-hydrogen) atoms. The molecule has 0 saturated carbocycles. The first-order valence-electron chi connectivity index (χ1n) is 8.37. The molecule has 3 rings (SSSR count). The summed E-state index contributed by atoms with van der Waals surface area (Å²) in [5, 5.41) is 3.28. The minimum atomic E-state index is -3.54. The molecule has 0 bridgehead atoms. The summed E-state index contributed by atoms with van der Waals surface area (Å²) in [6, 6.07) is 9.84. The second-order valence-corrected chi connectivity index (χ2v) is 8.82. The van der Waals surface area contributed by atoms with Crippen LogP contribution in [0.15, 0.2) is 36.4 Å². The Balaban J connectivity index is 1.63. The van der Waals surface area contributed by atoms with E-state index in [4.69, 9.17) is 32.7 Å². The van der Waals surface area contributed by atoms with Gasteiger partial charge in [-0.05, 0) is 30.7 Å². The maximum atomic E-state index is 12.2. The fraction of sp³-hybridized carbons (Fsp3) is 0.278. The Labute approximate surface area is 173 Å². The van der Waals surface area contributed by atoms with Gasteiger partial charge in [0.2, 0.25) is 22.7 Å². The summed E-state index contributed by atoms with van der Waals surface area (Å²) in [6.07, 6.45) is 1.54. The maximum absolute atomic E-state index is 12.2. The highest BCUT2D eigenvalue weighted by Gasteiger charge is 2.21. The van der Waals surface area contributed by atoms with Crippen LogP contribution in [-0.2, 0) is 14.8 Å². The molecular weight excluding hydrogens is 427 g/mol. The molecule has 0 atom stereocenters. The molecule has 1 aliphatic heterocycles. The second-order valence-electron chi connectivity index (χ2n) is 6.13. The van der Waals surface area contributed by atoms with Crippen molar-refractivity contribution in [1.29, 1.82) is 0 Å². The first-order valence-corrected chi connectivity index (χ1v) is 11.0. The number of rotatable bonds is 7. The zero-order valence-corrected chi connectivity index (χ0v) is 17.3. The van der Waals surface area contributed by atoms with Crippen molar-refractivity contribution in [2.45, 2.75) is 12.8 Å². The highest BCUT2D eigenvalue weighted by atomic mass is 35.5. The molecule has 2 aromatic carbocycles. The summed E-state index contributed by atoms with van der Waals surface area (Å²) in [6.45, 7) is 0.235. The first-order chi connectivity index (χ1) is 13.3. The van der Waals surface area contributed by atoms with Gasteiger partial charge in [0.25, 0.3) is 0 Å². The van der Waals surface area contributed by atoms with Gasteiger partial charge in [-0.3, -0.25) is 9.10 Å². The van der Waals surface area contributed by atoms with Crippen LogP contribution < -0.4 is 19.1 Å². The van der Waals surface area contributed by atoms with Gasteiger partial charge in [0.1, 0.15) is 0 Å². The third-order valence-corrected chi connectivity index (χ3v) is 6.05. The van der Waals surface area contributed by atoms with Crippen molar-refractivity contribution in [3.05, 3.63) is 46.4 Å². The lowest BCUT2D eigenvalue weighted by molar-refractivity contribution is -0.116. The first kappa shape index (κ1) is 20.6. The Morgan fingerprint density at radius 2 is 1.93 bits per heavy atom. The quantitative estimate of drug-likeness (QED) is 0.699. The molecule has 0 aromatic heterocycles. The van der Waals surface area contributed by atoms with Gasteiger partial charge in [0, 0.05) is 19.0 Å². The van der Waals surface area contributed by atoms with Gasteiger partial charge in [-0.2, -0.15) is 0 Å².